The van der Waals surface area contributed by atoms with Gasteiger partial charge in [0.1, 0.15) is 12.4 Å². The van der Waals surface area contributed by atoms with Crippen LogP contribution in [0.2, 0.25) is 0 Å². The molecule has 0 bridgehead atoms. The molecule has 132 valence electrons. The normalized spacial score (nSPS) is 10.4. The minimum atomic E-state index is -0.126. The maximum absolute atomic E-state index is 12.7. The molecule has 0 atom stereocenters. The van der Waals surface area contributed by atoms with Crippen LogP contribution in [0.5, 0.6) is 5.75 Å². The Bertz CT molecular complexity index is 888. The number of anilines is 1. The molecule has 1 amide bonds. The minimum Gasteiger partial charge on any atom is -0.489 e. The van der Waals surface area contributed by atoms with Crippen molar-refractivity contribution in [2.24, 2.45) is 0 Å². The van der Waals surface area contributed by atoms with Gasteiger partial charge < -0.3 is 10.1 Å². The average molecular weight is 345 g/mol. The van der Waals surface area contributed by atoms with E-state index in [4.69, 9.17) is 4.74 Å². The van der Waals surface area contributed by atoms with Crippen LogP contribution in [0.15, 0.2) is 72.8 Å². The number of amides is 1. The molecule has 0 fully saturated rings. The van der Waals surface area contributed by atoms with Gasteiger partial charge in [-0.15, -0.1) is 0 Å². The van der Waals surface area contributed by atoms with Gasteiger partial charge in [-0.3, -0.25) is 4.79 Å². The van der Waals surface area contributed by atoms with Gasteiger partial charge in [0, 0.05) is 11.3 Å². The van der Waals surface area contributed by atoms with Crippen molar-refractivity contribution in [2.45, 2.75) is 26.9 Å². The molecule has 0 unspecified atom stereocenters. The molecular formula is C23H23NO2. The predicted octanol–water partition coefficient (Wildman–Crippen LogP) is 5.39. The van der Waals surface area contributed by atoms with Crippen LogP contribution >= 0.6 is 0 Å². The van der Waals surface area contributed by atoms with Crippen LogP contribution in [0.25, 0.3) is 0 Å². The lowest BCUT2D eigenvalue weighted by Crippen LogP contribution is -2.14. The van der Waals surface area contributed by atoms with E-state index in [-0.39, 0.29) is 5.91 Å². The zero-order valence-corrected chi connectivity index (χ0v) is 15.2. The molecule has 0 aliphatic carbocycles. The third-order valence-electron chi connectivity index (χ3n) is 4.32. The fourth-order valence-corrected chi connectivity index (χ4v) is 2.86. The van der Waals surface area contributed by atoms with Crippen molar-refractivity contribution in [3.63, 3.8) is 0 Å². The number of rotatable bonds is 6. The Hall–Kier alpha value is -3.07. The van der Waals surface area contributed by atoms with Gasteiger partial charge in [-0.05, 0) is 48.2 Å². The summed E-state index contributed by atoms with van der Waals surface area (Å²) in [6.45, 7) is 4.57. The number of benzene rings is 3. The second-order valence-corrected chi connectivity index (χ2v) is 6.22. The van der Waals surface area contributed by atoms with Gasteiger partial charge in [-0.2, -0.15) is 0 Å². The third-order valence-corrected chi connectivity index (χ3v) is 4.32. The van der Waals surface area contributed by atoms with Crippen molar-refractivity contribution >= 4 is 11.6 Å². The molecule has 3 aromatic carbocycles. The summed E-state index contributed by atoms with van der Waals surface area (Å²) in [5, 5.41) is 3.05. The maximum Gasteiger partial charge on any atom is 0.255 e. The van der Waals surface area contributed by atoms with E-state index in [0.29, 0.717) is 17.9 Å². The first-order valence-electron chi connectivity index (χ1n) is 8.84. The highest BCUT2D eigenvalue weighted by atomic mass is 16.5. The fourth-order valence-electron chi connectivity index (χ4n) is 2.86. The number of ether oxygens (including phenoxy) is 1. The van der Waals surface area contributed by atoms with Gasteiger partial charge in [-0.25, -0.2) is 0 Å². The quantitative estimate of drug-likeness (QED) is 0.650. The van der Waals surface area contributed by atoms with E-state index in [1.165, 1.54) is 0 Å². The van der Waals surface area contributed by atoms with Gasteiger partial charge >= 0.3 is 0 Å². The van der Waals surface area contributed by atoms with E-state index < -0.39 is 0 Å². The van der Waals surface area contributed by atoms with Crippen LogP contribution < -0.4 is 10.1 Å². The zero-order valence-electron chi connectivity index (χ0n) is 15.2. The van der Waals surface area contributed by atoms with Crippen molar-refractivity contribution in [2.75, 3.05) is 5.32 Å². The summed E-state index contributed by atoms with van der Waals surface area (Å²) < 4.78 is 5.82. The molecule has 0 spiro atoms. The molecule has 0 aliphatic heterocycles. The molecule has 0 radical (unpaired) electrons. The van der Waals surface area contributed by atoms with Crippen LogP contribution in [-0.2, 0) is 13.0 Å². The molecule has 3 nitrogen and oxygen atoms in total. The van der Waals surface area contributed by atoms with Crippen molar-refractivity contribution in [1.82, 2.24) is 0 Å². The SMILES string of the molecule is CCc1cccc(C)c1NC(=O)c1cccc(OCc2ccccc2)c1. The van der Waals surface area contributed by atoms with E-state index in [1.54, 1.807) is 12.1 Å². The highest BCUT2D eigenvalue weighted by molar-refractivity contribution is 6.05. The minimum absolute atomic E-state index is 0.126. The fraction of sp³-hybridized carbons (Fsp3) is 0.174. The average Bonchev–Trinajstić information content (AvgIpc) is 2.69. The Labute approximate surface area is 154 Å². The lowest BCUT2D eigenvalue weighted by molar-refractivity contribution is 0.102. The van der Waals surface area contributed by atoms with E-state index in [1.807, 2.05) is 67.6 Å². The van der Waals surface area contributed by atoms with E-state index in [9.17, 15) is 4.79 Å². The summed E-state index contributed by atoms with van der Waals surface area (Å²) >= 11 is 0. The molecule has 0 aliphatic rings. The molecule has 1 N–H and O–H groups in total. The molecule has 0 saturated carbocycles. The topological polar surface area (TPSA) is 38.3 Å². The van der Waals surface area contributed by atoms with Crippen LogP contribution in [0.3, 0.4) is 0 Å². The Morgan fingerprint density at radius 3 is 2.50 bits per heavy atom. The van der Waals surface area contributed by atoms with Gasteiger partial charge in [-0.1, -0.05) is 61.5 Å². The monoisotopic (exact) mass is 345 g/mol. The number of para-hydroxylation sites is 1. The number of hydrogen-bond donors (Lipinski definition) is 1. The molecule has 3 heteroatoms. The lowest BCUT2D eigenvalue weighted by Gasteiger charge is -2.13. The molecule has 3 rings (SSSR count). The maximum atomic E-state index is 12.7. The second kappa shape index (κ2) is 8.34. The first-order chi connectivity index (χ1) is 12.7. The molecule has 0 aromatic heterocycles. The number of carbonyl (C=O) groups excluding carboxylic acids is 1. The van der Waals surface area contributed by atoms with Crippen LogP contribution in [0, 0.1) is 6.92 Å². The standard InChI is InChI=1S/C23H23NO2/c1-3-19-12-7-9-17(2)22(19)24-23(25)20-13-8-14-21(15-20)26-16-18-10-5-4-6-11-18/h4-15H,3,16H2,1-2H3,(H,24,25). The van der Waals surface area contributed by atoms with Crippen LogP contribution in [-0.4, -0.2) is 5.91 Å². The molecule has 0 saturated heterocycles. The predicted molar refractivity (Wildman–Crippen MR) is 106 cm³/mol. The summed E-state index contributed by atoms with van der Waals surface area (Å²) in [5.41, 5.74) is 4.77. The Morgan fingerprint density at radius 2 is 1.73 bits per heavy atom. The molecule has 3 aromatic rings. The van der Waals surface area contributed by atoms with Gasteiger partial charge in [0.2, 0.25) is 0 Å². The highest BCUT2D eigenvalue weighted by Gasteiger charge is 2.11. The number of nitrogens with one attached hydrogen (secondary N) is 1. The summed E-state index contributed by atoms with van der Waals surface area (Å²) in [5.74, 6) is 0.557. The van der Waals surface area contributed by atoms with Crippen molar-refractivity contribution in [3.8, 4) is 5.75 Å². The van der Waals surface area contributed by atoms with Crippen LogP contribution in [0.1, 0.15) is 34.0 Å². The van der Waals surface area contributed by atoms with E-state index in [2.05, 4.69) is 12.2 Å². The Morgan fingerprint density at radius 1 is 0.962 bits per heavy atom. The lowest BCUT2D eigenvalue weighted by atomic mass is 10.1. The van der Waals surface area contributed by atoms with E-state index in [0.717, 1.165) is 28.8 Å². The van der Waals surface area contributed by atoms with Crippen molar-refractivity contribution in [1.29, 1.82) is 0 Å². The number of hydrogen-bond acceptors (Lipinski definition) is 2. The van der Waals surface area contributed by atoms with Gasteiger partial charge in [0.05, 0.1) is 0 Å². The summed E-state index contributed by atoms with van der Waals surface area (Å²) in [4.78, 5) is 12.7. The van der Waals surface area contributed by atoms with Crippen molar-refractivity contribution in [3.05, 3.63) is 95.1 Å². The smallest absolute Gasteiger partial charge is 0.255 e. The largest absolute Gasteiger partial charge is 0.489 e. The Balaban J connectivity index is 1.72. The molecule has 26 heavy (non-hydrogen) atoms. The Kier molecular flexibility index (Phi) is 5.69. The molecular weight excluding hydrogens is 322 g/mol. The summed E-state index contributed by atoms with van der Waals surface area (Å²) in [6, 6.07) is 23.3. The number of aryl methyl sites for hydroxylation is 2. The van der Waals surface area contributed by atoms with Gasteiger partial charge in [0.15, 0.2) is 0 Å². The first kappa shape index (κ1) is 17.7. The zero-order chi connectivity index (χ0) is 18.4. The summed E-state index contributed by atoms with van der Waals surface area (Å²) in [6.07, 6.45) is 0.873. The summed E-state index contributed by atoms with van der Waals surface area (Å²) in [7, 11) is 0. The highest BCUT2D eigenvalue weighted by Crippen LogP contribution is 2.23. The number of carbonyl (C=O) groups is 1. The van der Waals surface area contributed by atoms with Gasteiger partial charge in [0.25, 0.3) is 5.91 Å². The van der Waals surface area contributed by atoms with E-state index >= 15 is 0 Å². The van der Waals surface area contributed by atoms with Crippen LogP contribution in [0.4, 0.5) is 5.69 Å². The van der Waals surface area contributed by atoms with Crippen molar-refractivity contribution < 1.29 is 9.53 Å². The third kappa shape index (κ3) is 4.31. The first-order valence-corrected chi connectivity index (χ1v) is 8.84. The molecule has 0 heterocycles. The second-order valence-electron chi connectivity index (χ2n) is 6.22.